The molecule has 0 aliphatic heterocycles. The molecule has 0 bridgehead atoms. The molecule has 0 aliphatic rings. The minimum Gasteiger partial charge on any atom is -0.341 e. The van der Waals surface area contributed by atoms with E-state index in [-0.39, 0.29) is 5.91 Å². The van der Waals surface area contributed by atoms with E-state index in [4.69, 9.17) is 0 Å². The zero-order valence-electron chi connectivity index (χ0n) is 7.60. The predicted molar refractivity (Wildman–Crippen MR) is 57.3 cm³/mol. The van der Waals surface area contributed by atoms with Crippen LogP contribution in [0.25, 0.3) is 0 Å². The van der Waals surface area contributed by atoms with Crippen molar-refractivity contribution >= 4 is 18.5 Å². The van der Waals surface area contributed by atoms with Crippen LogP contribution in [-0.2, 0) is 0 Å². The van der Waals surface area contributed by atoms with Crippen molar-refractivity contribution in [1.29, 1.82) is 0 Å². The Labute approximate surface area is 84.0 Å². The fourth-order valence-corrected chi connectivity index (χ4v) is 1.35. The monoisotopic (exact) mass is 195 g/mol. The van der Waals surface area contributed by atoms with Crippen molar-refractivity contribution in [2.75, 3.05) is 19.3 Å². The zero-order valence-corrected chi connectivity index (χ0v) is 8.50. The Bertz CT molecular complexity index is 274. The molecule has 0 N–H and O–H groups in total. The average molecular weight is 195 g/mol. The van der Waals surface area contributed by atoms with Crippen molar-refractivity contribution in [3.63, 3.8) is 0 Å². The van der Waals surface area contributed by atoms with Crippen LogP contribution in [-0.4, -0.2) is 30.2 Å². The minimum absolute atomic E-state index is 0.0506. The van der Waals surface area contributed by atoms with E-state index < -0.39 is 0 Å². The summed E-state index contributed by atoms with van der Waals surface area (Å²) in [5, 5.41) is 0. The summed E-state index contributed by atoms with van der Waals surface area (Å²) in [5.41, 5.74) is 0.729. The number of thiol groups is 1. The number of amides is 1. The van der Waals surface area contributed by atoms with E-state index in [0.29, 0.717) is 12.3 Å². The zero-order chi connectivity index (χ0) is 9.68. The fourth-order valence-electron chi connectivity index (χ4n) is 1.05. The number of carbonyl (C=O) groups is 1. The molecular formula is C10H13NOS. The molecule has 0 radical (unpaired) electrons. The van der Waals surface area contributed by atoms with Crippen molar-refractivity contribution in [2.45, 2.75) is 0 Å². The molecule has 1 rings (SSSR count). The molecule has 1 aromatic carbocycles. The summed E-state index contributed by atoms with van der Waals surface area (Å²) < 4.78 is 0. The molecule has 0 aromatic heterocycles. The van der Waals surface area contributed by atoms with E-state index in [1.54, 1.807) is 11.9 Å². The lowest BCUT2D eigenvalue weighted by Crippen LogP contribution is -2.28. The molecule has 0 aliphatic carbocycles. The minimum atomic E-state index is 0.0506. The van der Waals surface area contributed by atoms with Gasteiger partial charge in [0.25, 0.3) is 5.91 Å². The Morgan fingerprint density at radius 3 is 2.54 bits per heavy atom. The van der Waals surface area contributed by atoms with Gasteiger partial charge in [0.1, 0.15) is 0 Å². The lowest BCUT2D eigenvalue weighted by atomic mass is 10.2. The van der Waals surface area contributed by atoms with Crippen molar-refractivity contribution in [3.8, 4) is 0 Å². The van der Waals surface area contributed by atoms with Crippen LogP contribution in [0.2, 0.25) is 0 Å². The lowest BCUT2D eigenvalue weighted by Gasteiger charge is -2.15. The maximum absolute atomic E-state index is 11.6. The van der Waals surface area contributed by atoms with Gasteiger partial charge in [-0.3, -0.25) is 4.79 Å². The number of hydrogen-bond acceptors (Lipinski definition) is 2. The van der Waals surface area contributed by atoms with Crippen LogP contribution in [0.1, 0.15) is 10.4 Å². The Hall–Kier alpha value is -0.960. The van der Waals surface area contributed by atoms with Crippen molar-refractivity contribution in [2.24, 2.45) is 0 Å². The van der Waals surface area contributed by atoms with E-state index >= 15 is 0 Å². The smallest absolute Gasteiger partial charge is 0.253 e. The number of rotatable bonds is 3. The Balaban J connectivity index is 2.68. The maximum atomic E-state index is 11.6. The van der Waals surface area contributed by atoms with E-state index in [9.17, 15) is 4.79 Å². The van der Waals surface area contributed by atoms with Crippen LogP contribution in [0.3, 0.4) is 0 Å². The highest BCUT2D eigenvalue weighted by atomic mass is 32.1. The summed E-state index contributed by atoms with van der Waals surface area (Å²) in [4.78, 5) is 13.3. The molecule has 0 atom stereocenters. The third kappa shape index (κ3) is 2.77. The number of carbonyl (C=O) groups excluding carboxylic acids is 1. The summed E-state index contributed by atoms with van der Waals surface area (Å²) in [6.07, 6.45) is 0. The SMILES string of the molecule is CN(CCS)C(=O)c1ccccc1. The molecule has 0 saturated heterocycles. The Morgan fingerprint density at radius 1 is 1.38 bits per heavy atom. The van der Waals surface area contributed by atoms with Crippen LogP contribution in [0, 0.1) is 0 Å². The van der Waals surface area contributed by atoms with Gasteiger partial charge < -0.3 is 4.90 Å². The molecule has 13 heavy (non-hydrogen) atoms. The van der Waals surface area contributed by atoms with Gasteiger partial charge in [-0.05, 0) is 12.1 Å². The summed E-state index contributed by atoms with van der Waals surface area (Å²) in [7, 11) is 1.78. The molecule has 3 heteroatoms. The van der Waals surface area contributed by atoms with Gasteiger partial charge in [0.15, 0.2) is 0 Å². The molecule has 0 fully saturated rings. The summed E-state index contributed by atoms with van der Waals surface area (Å²) in [6, 6.07) is 9.26. The second-order valence-electron chi connectivity index (χ2n) is 2.82. The normalized spacial score (nSPS) is 9.69. The number of hydrogen-bond donors (Lipinski definition) is 1. The molecular weight excluding hydrogens is 182 g/mol. The molecule has 1 aromatic rings. The largest absolute Gasteiger partial charge is 0.341 e. The third-order valence-electron chi connectivity index (χ3n) is 1.80. The second kappa shape index (κ2) is 4.92. The van der Waals surface area contributed by atoms with Crippen LogP contribution in [0.5, 0.6) is 0 Å². The van der Waals surface area contributed by atoms with Crippen molar-refractivity contribution in [3.05, 3.63) is 35.9 Å². The Morgan fingerprint density at radius 2 is 2.00 bits per heavy atom. The fraction of sp³-hybridized carbons (Fsp3) is 0.300. The van der Waals surface area contributed by atoms with Crippen LogP contribution in [0.4, 0.5) is 0 Å². The van der Waals surface area contributed by atoms with Crippen molar-refractivity contribution < 1.29 is 4.79 Å². The highest BCUT2D eigenvalue weighted by Crippen LogP contribution is 2.02. The molecule has 0 unspecified atom stereocenters. The van der Waals surface area contributed by atoms with Gasteiger partial charge in [-0.25, -0.2) is 0 Å². The van der Waals surface area contributed by atoms with E-state index in [1.165, 1.54) is 0 Å². The number of benzene rings is 1. The first-order chi connectivity index (χ1) is 6.25. The molecule has 2 nitrogen and oxygen atoms in total. The highest BCUT2D eigenvalue weighted by molar-refractivity contribution is 7.80. The van der Waals surface area contributed by atoms with Gasteiger partial charge in [-0.1, -0.05) is 18.2 Å². The third-order valence-corrected chi connectivity index (χ3v) is 2.00. The van der Waals surface area contributed by atoms with Gasteiger partial charge in [0.05, 0.1) is 0 Å². The maximum Gasteiger partial charge on any atom is 0.253 e. The van der Waals surface area contributed by atoms with Crippen LogP contribution < -0.4 is 0 Å². The lowest BCUT2D eigenvalue weighted by molar-refractivity contribution is 0.0804. The van der Waals surface area contributed by atoms with E-state index in [1.807, 2.05) is 30.3 Å². The first-order valence-corrected chi connectivity index (χ1v) is 4.80. The van der Waals surface area contributed by atoms with Gasteiger partial charge >= 0.3 is 0 Å². The number of nitrogens with zero attached hydrogens (tertiary/aromatic N) is 1. The van der Waals surface area contributed by atoms with Crippen molar-refractivity contribution in [1.82, 2.24) is 4.90 Å². The molecule has 0 spiro atoms. The van der Waals surface area contributed by atoms with Gasteiger partial charge in [-0.15, -0.1) is 0 Å². The molecule has 0 heterocycles. The second-order valence-corrected chi connectivity index (χ2v) is 3.26. The topological polar surface area (TPSA) is 20.3 Å². The average Bonchev–Trinajstić information content (AvgIpc) is 2.18. The first kappa shape index (κ1) is 10.1. The van der Waals surface area contributed by atoms with E-state index in [2.05, 4.69) is 12.6 Å². The first-order valence-electron chi connectivity index (χ1n) is 4.17. The molecule has 1 amide bonds. The Kier molecular flexibility index (Phi) is 3.83. The van der Waals surface area contributed by atoms with Gasteiger partial charge in [0, 0.05) is 24.9 Å². The standard InChI is InChI=1S/C10H13NOS/c1-11(7-8-13)10(12)9-5-3-2-4-6-9/h2-6,13H,7-8H2,1H3. The quantitative estimate of drug-likeness (QED) is 0.728. The van der Waals surface area contributed by atoms with Gasteiger partial charge in [0.2, 0.25) is 0 Å². The van der Waals surface area contributed by atoms with E-state index in [0.717, 1.165) is 5.56 Å². The van der Waals surface area contributed by atoms with Crippen LogP contribution >= 0.6 is 12.6 Å². The summed E-state index contributed by atoms with van der Waals surface area (Å²) >= 11 is 4.07. The molecule has 0 saturated carbocycles. The predicted octanol–water partition coefficient (Wildman–Crippen LogP) is 1.69. The van der Waals surface area contributed by atoms with Gasteiger partial charge in [-0.2, -0.15) is 12.6 Å². The summed E-state index contributed by atoms with van der Waals surface area (Å²) in [5.74, 6) is 0.740. The molecule has 70 valence electrons. The summed E-state index contributed by atoms with van der Waals surface area (Å²) in [6.45, 7) is 0.677. The highest BCUT2D eigenvalue weighted by Gasteiger charge is 2.08. The van der Waals surface area contributed by atoms with Crippen LogP contribution in [0.15, 0.2) is 30.3 Å².